The summed E-state index contributed by atoms with van der Waals surface area (Å²) >= 11 is 1.48. The average molecular weight is 324 g/mol. The summed E-state index contributed by atoms with van der Waals surface area (Å²) in [6.45, 7) is 3.95. The van der Waals surface area contributed by atoms with Crippen molar-refractivity contribution in [3.8, 4) is 0 Å². The third-order valence-corrected chi connectivity index (χ3v) is 4.49. The fraction of sp³-hybridized carbons (Fsp3) is 0.500. The molecule has 0 radical (unpaired) electrons. The first kappa shape index (κ1) is 16.3. The zero-order valence-electron chi connectivity index (χ0n) is 12.7. The molecule has 2 N–H and O–H groups in total. The summed E-state index contributed by atoms with van der Waals surface area (Å²) in [6.07, 6.45) is 0. The number of piperazine rings is 1. The van der Waals surface area contributed by atoms with Gasteiger partial charge in [0, 0.05) is 38.1 Å². The molecule has 0 atom stereocenters. The summed E-state index contributed by atoms with van der Waals surface area (Å²) in [5.41, 5.74) is 0. The lowest BCUT2D eigenvalue weighted by Crippen LogP contribution is -2.53. The van der Waals surface area contributed by atoms with E-state index in [1.807, 2.05) is 19.1 Å². The third-order valence-electron chi connectivity index (χ3n) is 3.50. The first-order valence-electron chi connectivity index (χ1n) is 7.10. The molecular formula is C14H20N4O3S. The van der Waals surface area contributed by atoms with Gasteiger partial charge in [0.15, 0.2) is 0 Å². The van der Waals surface area contributed by atoms with Gasteiger partial charge in [-0.15, -0.1) is 11.3 Å². The van der Waals surface area contributed by atoms with Crippen LogP contribution in [0, 0.1) is 6.92 Å². The molecule has 1 aromatic rings. The zero-order valence-corrected chi connectivity index (χ0v) is 13.5. The molecule has 22 heavy (non-hydrogen) atoms. The van der Waals surface area contributed by atoms with E-state index in [0.29, 0.717) is 26.2 Å². The number of nitrogens with one attached hydrogen (secondary N) is 2. The first-order chi connectivity index (χ1) is 10.5. The minimum absolute atomic E-state index is 0.0219. The molecule has 8 heteroatoms. The molecule has 1 saturated heterocycles. The van der Waals surface area contributed by atoms with Crippen LogP contribution in [0.3, 0.4) is 0 Å². The predicted octanol–water partition coefficient (Wildman–Crippen LogP) is 0.270. The number of carbonyl (C=O) groups is 3. The predicted molar refractivity (Wildman–Crippen MR) is 84.0 cm³/mol. The maximum atomic E-state index is 12.3. The van der Waals surface area contributed by atoms with Crippen molar-refractivity contribution < 1.29 is 14.4 Å². The lowest BCUT2D eigenvalue weighted by molar-refractivity contribution is -0.131. The van der Waals surface area contributed by atoms with Crippen LogP contribution in [-0.2, 0) is 4.79 Å². The Labute approximate surface area is 133 Å². The van der Waals surface area contributed by atoms with E-state index >= 15 is 0 Å². The second-order valence-electron chi connectivity index (χ2n) is 5.02. The Hall–Kier alpha value is -2.09. The minimum atomic E-state index is -0.379. The van der Waals surface area contributed by atoms with Crippen molar-refractivity contribution in [1.82, 2.24) is 20.4 Å². The molecule has 1 aliphatic rings. The number of hydrogen-bond acceptors (Lipinski definition) is 4. The van der Waals surface area contributed by atoms with Gasteiger partial charge in [0.25, 0.3) is 5.91 Å². The van der Waals surface area contributed by atoms with Crippen LogP contribution >= 0.6 is 11.3 Å². The van der Waals surface area contributed by atoms with E-state index in [4.69, 9.17) is 0 Å². The Morgan fingerprint density at radius 3 is 2.32 bits per heavy atom. The maximum Gasteiger partial charge on any atom is 0.314 e. The van der Waals surface area contributed by atoms with Crippen molar-refractivity contribution in [3.05, 3.63) is 21.9 Å². The monoisotopic (exact) mass is 324 g/mol. The number of thiophene rings is 1. The second kappa shape index (κ2) is 7.26. The molecule has 1 fully saturated rings. The van der Waals surface area contributed by atoms with Crippen LogP contribution < -0.4 is 10.6 Å². The van der Waals surface area contributed by atoms with Gasteiger partial charge in [-0.1, -0.05) is 0 Å². The number of urea groups is 1. The number of nitrogens with zero attached hydrogens (tertiary/aromatic N) is 2. The number of aryl methyl sites for hydroxylation is 1. The highest BCUT2D eigenvalue weighted by molar-refractivity contribution is 7.13. The minimum Gasteiger partial charge on any atom is -0.341 e. The van der Waals surface area contributed by atoms with E-state index in [1.165, 1.54) is 18.4 Å². The van der Waals surface area contributed by atoms with E-state index in [9.17, 15) is 14.4 Å². The summed E-state index contributed by atoms with van der Waals surface area (Å²) in [5, 5.41) is 4.86. The molecule has 2 heterocycles. The molecule has 2 rings (SSSR count). The Bertz CT molecular complexity index is 564. The number of carbonyl (C=O) groups excluding carboxylic acids is 3. The highest BCUT2D eigenvalue weighted by Crippen LogP contribution is 2.18. The molecule has 1 aliphatic heterocycles. The Kier molecular flexibility index (Phi) is 5.37. The molecule has 7 nitrogen and oxygen atoms in total. The Morgan fingerprint density at radius 1 is 1.14 bits per heavy atom. The van der Waals surface area contributed by atoms with Crippen LogP contribution in [0.25, 0.3) is 0 Å². The molecule has 0 spiro atoms. The van der Waals surface area contributed by atoms with Gasteiger partial charge in [-0.05, 0) is 19.1 Å². The van der Waals surface area contributed by atoms with Crippen molar-refractivity contribution in [2.24, 2.45) is 0 Å². The van der Waals surface area contributed by atoms with Crippen molar-refractivity contribution in [3.63, 3.8) is 0 Å². The summed E-state index contributed by atoms with van der Waals surface area (Å²) in [5.74, 6) is -0.114. The molecule has 0 unspecified atom stereocenters. The lowest BCUT2D eigenvalue weighted by atomic mass is 10.3. The van der Waals surface area contributed by atoms with Gasteiger partial charge in [-0.3, -0.25) is 9.59 Å². The van der Waals surface area contributed by atoms with Gasteiger partial charge in [-0.25, -0.2) is 4.79 Å². The molecule has 0 aromatic carbocycles. The first-order valence-corrected chi connectivity index (χ1v) is 7.92. The van der Waals surface area contributed by atoms with Gasteiger partial charge < -0.3 is 20.4 Å². The zero-order chi connectivity index (χ0) is 16.1. The van der Waals surface area contributed by atoms with Gasteiger partial charge in [0.1, 0.15) is 0 Å². The lowest BCUT2D eigenvalue weighted by Gasteiger charge is -2.34. The van der Waals surface area contributed by atoms with Crippen LogP contribution in [0.5, 0.6) is 0 Å². The molecule has 0 bridgehead atoms. The molecule has 120 valence electrons. The summed E-state index contributed by atoms with van der Waals surface area (Å²) in [4.78, 5) is 40.6. The van der Waals surface area contributed by atoms with Crippen LogP contribution in [0.2, 0.25) is 0 Å². The fourth-order valence-electron chi connectivity index (χ4n) is 2.22. The van der Waals surface area contributed by atoms with Crippen molar-refractivity contribution in [2.75, 3.05) is 39.8 Å². The summed E-state index contributed by atoms with van der Waals surface area (Å²) in [7, 11) is 1.50. The van der Waals surface area contributed by atoms with Crippen molar-refractivity contribution in [2.45, 2.75) is 6.92 Å². The van der Waals surface area contributed by atoms with E-state index in [1.54, 1.807) is 9.80 Å². The van der Waals surface area contributed by atoms with Gasteiger partial charge in [-0.2, -0.15) is 0 Å². The van der Waals surface area contributed by atoms with Gasteiger partial charge in [0.05, 0.1) is 11.4 Å². The van der Waals surface area contributed by atoms with Crippen LogP contribution in [0.15, 0.2) is 12.1 Å². The van der Waals surface area contributed by atoms with E-state index in [2.05, 4.69) is 10.6 Å². The molecule has 0 aliphatic carbocycles. The normalized spacial score (nSPS) is 14.6. The summed E-state index contributed by atoms with van der Waals surface area (Å²) in [6, 6.07) is 3.39. The van der Waals surface area contributed by atoms with Crippen LogP contribution in [0.4, 0.5) is 4.79 Å². The molecule has 0 saturated carbocycles. The van der Waals surface area contributed by atoms with Gasteiger partial charge >= 0.3 is 6.03 Å². The second-order valence-corrected chi connectivity index (χ2v) is 6.30. The van der Waals surface area contributed by atoms with Gasteiger partial charge in [0.2, 0.25) is 5.91 Å². The van der Waals surface area contributed by atoms with Crippen molar-refractivity contribution in [1.29, 1.82) is 0 Å². The molecule has 1 aromatic heterocycles. The van der Waals surface area contributed by atoms with E-state index in [-0.39, 0.29) is 24.4 Å². The van der Waals surface area contributed by atoms with Crippen molar-refractivity contribution >= 4 is 29.2 Å². The largest absolute Gasteiger partial charge is 0.341 e. The standard InChI is InChI=1S/C14H20N4O3S/c1-10-3-4-11(22-10)13(20)18-7-5-17(6-8-18)12(19)9-16-14(21)15-2/h3-4H,5-9H2,1-2H3,(H2,15,16,21). The fourth-order valence-corrected chi connectivity index (χ4v) is 3.06. The van der Waals surface area contributed by atoms with Crippen LogP contribution in [-0.4, -0.2) is 67.4 Å². The SMILES string of the molecule is CNC(=O)NCC(=O)N1CCN(C(=O)c2ccc(C)s2)CC1. The summed E-state index contributed by atoms with van der Waals surface area (Å²) < 4.78 is 0. The number of rotatable bonds is 3. The maximum absolute atomic E-state index is 12.3. The van der Waals surface area contributed by atoms with Crippen LogP contribution in [0.1, 0.15) is 14.5 Å². The van der Waals surface area contributed by atoms with E-state index in [0.717, 1.165) is 9.75 Å². The number of amides is 4. The topological polar surface area (TPSA) is 81.8 Å². The highest BCUT2D eigenvalue weighted by atomic mass is 32.1. The Balaban J connectivity index is 1.81. The molecular weight excluding hydrogens is 304 g/mol. The number of hydrogen-bond donors (Lipinski definition) is 2. The smallest absolute Gasteiger partial charge is 0.314 e. The Morgan fingerprint density at radius 2 is 1.77 bits per heavy atom. The molecule has 4 amide bonds. The van der Waals surface area contributed by atoms with E-state index < -0.39 is 0 Å². The third kappa shape index (κ3) is 3.97. The quantitative estimate of drug-likeness (QED) is 0.837. The average Bonchev–Trinajstić information content (AvgIpc) is 2.98. The highest BCUT2D eigenvalue weighted by Gasteiger charge is 2.25.